The number of esters is 1. The van der Waals surface area contributed by atoms with Gasteiger partial charge in [-0.2, -0.15) is 0 Å². The third-order valence-corrected chi connectivity index (χ3v) is 3.33. The first kappa shape index (κ1) is 15.5. The minimum absolute atomic E-state index is 0.0713. The van der Waals surface area contributed by atoms with Gasteiger partial charge in [-0.3, -0.25) is 4.79 Å². The second kappa shape index (κ2) is 6.56. The quantitative estimate of drug-likeness (QED) is 0.811. The summed E-state index contributed by atoms with van der Waals surface area (Å²) in [6.07, 6.45) is 0. The molecular formula is C13H17BrN2O3. The van der Waals surface area contributed by atoms with Gasteiger partial charge in [-0.05, 0) is 40.0 Å². The molecule has 3 N–H and O–H groups in total. The number of anilines is 1. The maximum absolute atomic E-state index is 11.6. The Morgan fingerprint density at radius 1 is 1.37 bits per heavy atom. The topological polar surface area (TPSA) is 81.4 Å². The van der Waals surface area contributed by atoms with E-state index in [1.807, 2.05) is 13.8 Å². The zero-order valence-electron chi connectivity index (χ0n) is 11.1. The molecule has 0 spiro atoms. The predicted molar refractivity (Wildman–Crippen MR) is 76.9 cm³/mol. The van der Waals surface area contributed by atoms with Crippen molar-refractivity contribution in [2.75, 3.05) is 12.4 Å². The number of hydrogen-bond acceptors (Lipinski definition) is 4. The van der Waals surface area contributed by atoms with Crippen molar-refractivity contribution >= 4 is 33.5 Å². The third-order valence-electron chi connectivity index (χ3n) is 2.68. The molecular weight excluding hydrogens is 312 g/mol. The fourth-order valence-electron chi connectivity index (χ4n) is 1.61. The Kier molecular flexibility index (Phi) is 5.35. The standard InChI is InChI=1S/C13H17BrN2O3/c1-7(2)11(13(18)19-3)16-8-4-5-9(12(15)17)10(14)6-8/h4-7,11,16H,1-3H3,(H2,15,17). The predicted octanol–water partition coefficient (Wildman–Crippen LogP) is 2.16. The molecule has 1 rings (SSSR count). The molecule has 1 aromatic rings. The molecule has 0 radical (unpaired) electrons. The van der Waals surface area contributed by atoms with Gasteiger partial charge in [-0.1, -0.05) is 13.8 Å². The summed E-state index contributed by atoms with van der Waals surface area (Å²) in [5.41, 5.74) is 6.32. The van der Waals surface area contributed by atoms with Crippen LogP contribution in [0.4, 0.5) is 5.69 Å². The summed E-state index contributed by atoms with van der Waals surface area (Å²) >= 11 is 3.27. The van der Waals surface area contributed by atoms with Gasteiger partial charge in [0.15, 0.2) is 0 Å². The van der Waals surface area contributed by atoms with Crippen LogP contribution in [0.2, 0.25) is 0 Å². The smallest absolute Gasteiger partial charge is 0.328 e. The average Bonchev–Trinajstić information content (AvgIpc) is 2.34. The molecule has 6 heteroatoms. The zero-order chi connectivity index (χ0) is 14.6. The van der Waals surface area contributed by atoms with Crippen molar-refractivity contribution in [3.8, 4) is 0 Å². The molecule has 0 aliphatic carbocycles. The molecule has 0 heterocycles. The van der Waals surface area contributed by atoms with E-state index in [9.17, 15) is 9.59 Å². The first-order valence-corrected chi connectivity index (χ1v) is 6.59. The average molecular weight is 329 g/mol. The van der Waals surface area contributed by atoms with E-state index in [0.717, 1.165) is 0 Å². The Morgan fingerprint density at radius 2 is 2.00 bits per heavy atom. The van der Waals surface area contributed by atoms with Gasteiger partial charge in [-0.15, -0.1) is 0 Å². The number of amides is 1. The molecule has 1 unspecified atom stereocenters. The molecule has 1 atom stereocenters. The molecule has 0 aliphatic rings. The van der Waals surface area contributed by atoms with Crippen LogP contribution in [0, 0.1) is 5.92 Å². The van der Waals surface area contributed by atoms with Crippen LogP contribution in [0.15, 0.2) is 22.7 Å². The van der Waals surface area contributed by atoms with Crippen LogP contribution in [-0.2, 0) is 9.53 Å². The highest BCUT2D eigenvalue weighted by Gasteiger charge is 2.23. The van der Waals surface area contributed by atoms with Gasteiger partial charge in [0.1, 0.15) is 6.04 Å². The lowest BCUT2D eigenvalue weighted by molar-refractivity contribution is -0.142. The lowest BCUT2D eigenvalue weighted by Gasteiger charge is -2.21. The molecule has 19 heavy (non-hydrogen) atoms. The number of methoxy groups -OCH3 is 1. The number of benzene rings is 1. The number of halogens is 1. The molecule has 1 aromatic carbocycles. The van der Waals surface area contributed by atoms with Crippen molar-refractivity contribution in [1.82, 2.24) is 0 Å². The van der Waals surface area contributed by atoms with E-state index < -0.39 is 11.9 Å². The highest BCUT2D eigenvalue weighted by molar-refractivity contribution is 9.10. The Morgan fingerprint density at radius 3 is 2.42 bits per heavy atom. The molecule has 104 valence electrons. The van der Waals surface area contributed by atoms with Crippen LogP contribution in [0.1, 0.15) is 24.2 Å². The summed E-state index contributed by atoms with van der Waals surface area (Å²) in [5.74, 6) is -0.765. The van der Waals surface area contributed by atoms with Crippen LogP contribution in [0.5, 0.6) is 0 Å². The number of carbonyl (C=O) groups is 2. The number of rotatable bonds is 5. The number of hydrogen-bond donors (Lipinski definition) is 2. The van der Waals surface area contributed by atoms with Crippen molar-refractivity contribution in [3.63, 3.8) is 0 Å². The van der Waals surface area contributed by atoms with Crippen molar-refractivity contribution < 1.29 is 14.3 Å². The largest absolute Gasteiger partial charge is 0.467 e. The van der Waals surface area contributed by atoms with E-state index in [2.05, 4.69) is 21.2 Å². The van der Waals surface area contributed by atoms with E-state index >= 15 is 0 Å². The van der Waals surface area contributed by atoms with Crippen LogP contribution >= 0.6 is 15.9 Å². The summed E-state index contributed by atoms with van der Waals surface area (Å²) in [7, 11) is 1.35. The van der Waals surface area contributed by atoms with E-state index in [1.165, 1.54) is 7.11 Å². The second-order valence-corrected chi connectivity index (χ2v) is 5.30. The van der Waals surface area contributed by atoms with Crippen LogP contribution in [0.3, 0.4) is 0 Å². The molecule has 0 saturated carbocycles. The Hall–Kier alpha value is -1.56. The number of nitrogens with two attached hydrogens (primary N) is 1. The molecule has 0 bridgehead atoms. The number of primary amides is 1. The fourth-order valence-corrected chi connectivity index (χ4v) is 2.18. The number of nitrogens with one attached hydrogen (secondary N) is 1. The maximum atomic E-state index is 11.6. The maximum Gasteiger partial charge on any atom is 0.328 e. The highest BCUT2D eigenvalue weighted by atomic mass is 79.9. The van der Waals surface area contributed by atoms with Gasteiger partial charge in [0, 0.05) is 10.2 Å². The summed E-state index contributed by atoms with van der Waals surface area (Å²) in [6, 6.07) is 4.56. The minimum atomic E-state index is -0.508. The van der Waals surface area contributed by atoms with E-state index in [1.54, 1.807) is 18.2 Å². The van der Waals surface area contributed by atoms with Gasteiger partial charge < -0.3 is 15.8 Å². The van der Waals surface area contributed by atoms with Gasteiger partial charge in [0.25, 0.3) is 0 Å². The van der Waals surface area contributed by atoms with Crippen LogP contribution in [0.25, 0.3) is 0 Å². The zero-order valence-corrected chi connectivity index (χ0v) is 12.7. The highest BCUT2D eigenvalue weighted by Crippen LogP contribution is 2.23. The first-order valence-electron chi connectivity index (χ1n) is 5.80. The monoisotopic (exact) mass is 328 g/mol. The van der Waals surface area contributed by atoms with Gasteiger partial charge in [0.2, 0.25) is 5.91 Å². The molecule has 0 fully saturated rings. The molecule has 0 saturated heterocycles. The van der Waals surface area contributed by atoms with Crippen molar-refractivity contribution in [1.29, 1.82) is 0 Å². The fraction of sp³-hybridized carbons (Fsp3) is 0.385. The number of carbonyl (C=O) groups excluding carboxylic acids is 2. The third kappa shape index (κ3) is 3.96. The van der Waals surface area contributed by atoms with Crippen molar-refractivity contribution in [2.24, 2.45) is 11.7 Å². The molecule has 0 aliphatic heterocycles. The Bertz CT molecular complexity index is 489. The Balaban J connectivity index is 2.95. The normalized spacial score (nSPS) is 12.1. The Labute approximate surface area is 120 Å². The summed E-state index contributed by atoms with van der Waals surface area (Å²) in [4.78, 5) is 22.8. The lowest BCUT2D eigenvalue weighted by atomic mass is 10.0. The van der Waals surface area contributed by atoms with Crippen molar-refractivity contribution in [3.05, 3.63) is 28.2 Å². The SMILES string of the molecule is COC(=O)C(Nc1ccc(C(N)=O)c(Br)c1)C(C)C. The van der Waals surface area contributed by atoms with Gasteiger partial charge >= 0.3 is 5.97 Å². The summed E-state index contributed by atoms with van der Waals surface area (Å²) < 4.78 is 5.33. The van der Waals surface area contributed by atoms with Crippen molar-refractivity contribution in [2.45, 2.75) is 19.9 Å². The first-order chi connectivity index (χ1) is 8.86. The van der Waals surface area contributed by atoms with E-state index in [-0.39, 0.29) is 11.9 Å². The lowest BCUT2D eigenvalue weighted by Crippen LogP contribution is -2.35. The van der Waals surface area contributed by atoms with E-state index in [4.69, 9.17) is 10.5 Å². The minimum Gasteiger partial charge on any atom is -0.467 e. The number of ether oxygens (including phenoxy) is 1. The summed E-state index contributed by atoms with van der Waals surface area (Å²) in [6.45, 7) is 3.84. The molecule has 5 nitrogen and oxygen atoms in total. The van der Waals surface area contributed by atoms with E-state index in [0.29, 0.717) is 15.7 Å². The van der Waals surface area contributed by atoms with Crippen LogP contribution < -0.4 is 11.1 Å². The van der Waals surface area contributed by atoms with Gasteiger partial charge in [-0.25, -0.2) is 4.79 Å². The van der Waals surface area contributed by atoms with Gasteiger partial charge in [0.05, 0.1) is 12.7 Å². The van der Waals surface area contributed by atoms with Crippen LogP contribution in [-0.4, -0.2) is 25.0 Å². The summed E-state index contributed by atoms with van der Waals surface area (Å²) in [5, 5.41) is 3.08. The second-order valence-electron chi connectivity index (χ2n) is 4.45. The molecule has 1 amide bonds. The molecule has 0 aromatic heterocycles.